The lowest BCUT2D eigenvalue weighted by molar-refractivity contribution is -0.0660. The van der Waals surface area contributed by atoms with Crippen molar-refractivity contribution < 1.29 is 13.2 Å². The minimum atomic E-state index is -3.51. The number of hydrogen-bond donors (Lipinski definition) is 0. The normalized spacial score (nSPS) is 22.4. The first-order valence-electron chi connectivity index (χ1n) is 8.28. The van der Waals surface area contributed by atoms with Gasteiger partial charge in [0, 0.05) is 13.1 Å². The van der Waals surface area contributed by atoms with Crippen LogP contribution in [0.15, 0.2) is 59.5 Å². The summed E-state index contributed by atoms with van der Waals surface area (Å²) in [5.74, 6) is 0. The smallest absolute Gasteiger partial charge is 0.243 e. The summed E-state index contributed by atoms with van der Waals surface area (Å²) >= 11 is 0. The monoisotopic (exact) mass is 345 g/mol. The molecule has 128 valence electrons. The second-order valence-electron chi connectivity index (χ2n) is 6.20. The Bertz CT molecular complexity index is 772. The van der Waals surface area contributed by atoms with Crippen LogP contribution in [-0.2, 0) is 14.8 Å². The van der Waals surface area contributed by atoms with Gasteiger partial charge < -0.3 is 4.74 Å². The van der Waals surface area contributed by atoms with E-state index in [1.807, 2.05) is 56.3 Å². The minimum absolute atomic E-state index is 0.0934. The van der Waals surface area contributed by atoms with Gasteiger partial charge in [-0.2, -0.15) is 4.31 Å². The second kappa shape index (κ2) is 7.05. The van der Waals surface area contributed by atoms with Crippen LogP contribution in [0, 0.1) is 6.92 Å². The van der Waals surface area contributed by atoms with Crippen LogP contribution in [0.3, 0.4) is 0 Å². The molecule has 4 nitrogen and oxygen atoms in total. The van der Waals surface area contributed by atoms with Crippen LogP contribution < -0.4 is 0 Å². The van der Waals surface area contributed by atoms with E-state index in [9.17, 15) is 8.42 Å². The Morgan fingerprint density at radius 3 is 2.33 bits per heavy atom. The third kappa shape index (κ3) is 3.53. The molecule has 0 aliphatic carbocycles. The van der Waals surface area contributed by atoms with Gasteiger partial charge in [-0.25, -0.2) is 8.42 Å². The largest absolute Gasteiger partial charge is 0.368 e. The van der Waals surface area contributed by atoms with Crippen molar-refractivity contribution in [2.24, 2.45) is 0 Å². The van der Waals surface area contributed by atoms with Gasteiger partial charge in [0.25, 0.3) is 0 Å². The highest BCUT2D eigenvalue weighted by Gasteiger charge is 2.35. The first-order chi connectivity index (χ1) is 11.5. The van der Waals surface area contributed by atoms with E-state index in [0.717, 1.165) is 17.5 Å². The molecule has 0 spiro atoms. The quantitative estimate of drug-likeness (QED) is 0.851. The van der Waals surface area contributed by atoms with Crippen LogP contribution in [0.1, 0.15) is 30.6 Å². The van der Waals surface area contributed by atoms with Crippen molar-refractivity contribution in [1.82, 2.24) is 4.31 Å². The molecule has 24 heavy (non-hydrogen) atoms. The predicted molar refractivity (Wildman–Crippen MR) is 94.3 cm³/mol. The first kappa shape index (κ1) is 17.1. The summed E-state index contributed by atoms with van der Waals surface area (Å²) in [6.45, 7) is 4.71. The summed E-state index contributed by atoms with van der Waals surface area (Å²) in [6, 6.07) is 16.8. The van der Waals surface area contributed by atoms with Crippen molar-refractivity contribution in [1.29, 1.82) is 0 Å². The number of aryl methyl sites for hydroxylation is 1. The molecule has 0 N–H and O–H groups in total. The lowest BCUT2D eigenvalue weighted by Gasteiger charge is -2.37. The van der Waals surface area contributed by atoms with E-state index in [1.165, 1.54) is 0 Å². The Balaban J connectivity index is 1.90. The van der Waals surface area contributed by atoms with E-state index in [-0.39, 0.29) is 12.2 Å². The number of hydrogen-bond acceptors (Lipinski definition) is 3. The van der Waals surface area contributed by atoms with Gasteiger partial charge in [-0.1, -0.05) is 55.0 Å². The SMILES string of the molecule is CC[C@@H]1CN(S(=O)(=O)c2ccc(C)cc2)C[C@H](c2ccccc2)O1. The molecule has 2 aromatic carbocycles. The van der Waals surface area contributed by atoms with Gasteiger partial charge in [-0.05, 0) is 31.0 Å². The van der Waals surface area contributed by atoms with Crippen molar-refractivity contribution in [2.45, 2.75) is 37.4 Å². The van der Waals surface area contributed by atoms with E-state index >= 15 is 0 Å². The van der Waals surface area contributed by atoms with Gasteiger partial charge in [-0.15, -0.1) is 0 Å². The zero-order valence-electron chi connectivity index (χ0n) is 14.1. The molecule has 0 radical (unpaired) electrons. The molecule has 2 aromatic rings. The molecule has 0 bridgehead atoms. The molecule has 1 heterocycles. The molecule has 0 unspecified atom stereocenters. The fourth-order valence-electron chi connectivity index (χ4n) is 2.94. The molecular weight excluding hydrogens is 322 g/mol. The highest BCUT2D eigenvalue weighted by Crippen LogP contribution is 2.30. The molecule has 1 aliphatic rings. The molecule has 0 saturated carbocycles. The van der Waals surface area contributed by atoms with Crippen LogP contribution in [0.25, 0.3) is 0 Å². The molecule has 1 saturated heterocycles. The summed E-state index contributed by atoms with van der Waals surface area (Å²) < 4.78 is 33.7. The number of morpholine rings is 1. The standard InChI is InChI=1S/C19H23NO3S/c1-3-17-13-20(14-19(23-17)16-7-5-4-6-8-16)24(21,22)18-11-9-15(2)10-12-18/h4-12,17,19H,3,13-14H2,1-2H3/t17-,19-/m1/s1. The van der Waals surface area contributed by atoms with Crippen molar-refractivity contribution in [3.63, 3.8) is 0 Å². The topological polar surface area (TPSA) is 46.6 Å². The molecule has 2 atom stereocenters. The van der Waals surface area contributed by atoms with Gasteiger partial charge in [0.15, 0.2) is 0 Å². The number of ether oxygens (including phenoxy) is 1. The lowest BCUT2D eigenvalue weighted by atomic mass is 10.1. The van der Waals surface area contributed by atoms with Crippen molar-refractivity contribution in [3.8, 4) is 0 Å². The molecule has 0 aromatic heterocycles. The van der Waals surface area contributed by atoms with Crippen LogP contribution in [0.5, 0.6) is 0 Å². The Labute approximate surface area is 144 Å². The average Bonchev–Trinajstić information content (AvgIpc) is 2.62. The van der Waals surface area contributed by atoms with E-state index < -0.39 is 10.0 Å². The summed E-state index contributed by atoms with van der Waals surface area (Å²) in [5.41, 5.74) is 2.06. The van der Waals surface area contributed by atoms with Crippen LogP contribution in [0.2, 0.25) is 0 Å². The Kier molecular flexibility index (Phi) is 5.04. The Morgan fingerprint density at radius 2 is 1.71 bits per heavy atom. The summed E-state index contributed by atoms with van der Waals surface area (Å²) in [5, 5.41) is 0. The third-order valence-corrected chi connectivity index (χ3v) is 6.26. The van der Waals surface area contributed by atoms with E-state index in [2.05, 4.69) is 0 Å². The minimum Gasteiger partial charge on any atom is -0.368 e. The first-order valence-corrected chi connectivity index (χ1v) is 9.72. The van der Waals surface area contributed by atoms with E-state index in [4.69, 9.17) is 4.74 Å². The lowest BCUT2D eigenvalue weighted by Crippen LogP contribution is -2.46. The Morgan fingerprint density at radius 1 is 1.04 bits per heavy atom. The number of rotatable bonds is 4. The molecular formula is C19H23NO3S. The van der Waals surface area contributed by atoms with E-state index in [0.29, 0.717) is 18.0 Å². The molecule has 1 aliphatic heterocycles. The van der Waals surface area contributed by atoms with Gasteiger partial charge in [-0.3, -0.25) is 0 Å². The maximum atomic E-state index is 13.0. The fourth-order valence-corrected chi connectivity index (χ4v) is 4.41. The van der Waals surface area contributed by atoms with Crippen molar-refractivity contribution in [3.05, 3.63) is 65.7 Å². The molecule has 0 amide bonds. The van der Waals surface area contributed by atoms with Crippen LogP contribution in [-0.4, -0.2) is 31.9 Å². The summed E-state index contributed by atoms with van der Waals surface area (Å²) in [4.78, 5) is 0.344. The summed E-state index contributed by atoms with van der Waals surface area (Å²) in [7, 11) is -3.51. The number of nitrogens with zero attached hydrogens (tertiary/aromatic N) is 1. The van der Waals surface area contributed by atoms with Gasteiger partial charge >= 0.3 is 0 Å². The molecule has 5 heteroatoms. The highest BCUT2D eigenvalue weighted by atomic mass is 32.2. The van der Waals surface area contributed by atoms with E-state index in [1.54, 1.807) is 16.4 Å². The predicted octanol–water partition coefficient (Wildman–Crippen LogP) is 3.54. The molecule has 1 fully saturated rings. The number of benzene rings is 2. The van der Waals surface area contributed by atoms with Crippen molar-refractivity contribution >= 4 is 10.0 Å². The maximum Gasteiger partial charge on any atom is 0.243 e. The van der Waals surface area contributed by atoms with Gasteiger partial charge in [0.2, 0.25) is 10.0 Å². The fraction of sp³-hybridized carbons (Fsp3) is 0.368. The highest BCUT2D eigenvalue weighted by molar-refractivity contribution is 7.89. The van der Waals surface area contributed by atoms with Gasteiger partial charge in [0.1, 0.15) is 0 Å². The second-order valence-corrected chi connectivity index (χ2v) is 8.14. The van der Waals surface area contributed by atoms with Crippen molar-refractivity contribution in [2.75, 3.05) is 13.1 Å². The Hall–Kier alpha value is -1.69. The van der Waals surface area contributed by atoms with Crippen LogP contribution >= 0.6 is 0 Å². The van der Waals surface area contributed by atoms with Gasteiger partial charge in [0.05, 0.1) is 17.1 Å². The summed E-state index contributed by atoms with van der Waals surface area (Å²) in [6.07, 6.45) is 0.456. The number of sulfonamides is 1. The maximum absolute atomic E-state index is 13.0. The average molecular weight is 345 g/mol. The third-order valence-electron chi connectivity index (χ3n) is 4.42. The zero-order valence-corrected chi connectivity index (χ0v) is 14.9. The zero-order chi connectivity index (χ0) is 17.2. The molecule has 3 rings (SSSR count). The van der Waals surface area contributed by atoms with Crippen LogP contribution in [0.4, 0.5) is 0 Å².